The Balaban J connectivity index is 2.61. The summed E-state index contributed by atoms with van der Waals surface area (Å²) in [5.74, 6) is 0.930. The maximum absolute atomic E-state index is 3.46. The van der Waals surface area contributed by atoms with E-state index in [0.717, 1.165) is 12.0 Å². The Morgan fingerprint density at radius 1 is 1.42 bits per heavy atom. The van der Waals surface area contributed by atoms with Gasteiger partial charge in [-0.15, -0.1) is 0 Å². The monoisotopic (exact) mass is 169 g/mol. The minimum absolute atomic E-state index is 0.628. The van der Waals surface area contributed by atoms with Gasteiger partial charge in [-0.05, 0) is 37.6 Å². The van der Waals surface area contributed by atoms with Crippen LogP contribution in [0.5, 0.6) is 0 Å². The largest absolute Gasteiger partial charge is 0.316 e. The topological polar surface area (TPSA) is 12.0 Å². The highest BCUT2D eigenvalue weighted by atomic mass is 14.9. The minimum Gasteiger partial charge on any atom is -0.316 e. The van der Waals surface area contributed by atoms with E-state index >= 15 is 0 Å². The number of nitrogens with one attached hydrogen (secondary N) is 1. The molecule has 0 heterocycles. The van der Waals surface area contributed by atoms with E-state index in [1.165, 1.54) is 25.7 Å². The van der Waals surface area contributed by atoms with Gasteiger partial charge in [0.05, 0.1) is 0 Å². The zero-order valence-electron chi connectivity index (χ0n) is 8.98. The van der Waals surface area contributed by atoms with Crippen LogP contribution in [0.2, 0.25) is 0 Å². The lowest BCUT2D eigenvalue weighted by molar-refractivity contribution is -0.0190. The Bertz CT molecular complexity index is 144. The van der Waals surface area contributed by atoms with Crippen LogP contribution in [0.25, 0.3) is 0 Å². The van der Waals surface area contributed by atoms with Crippen molar-refractivity contribution in [2.45, 2.75) is 52.5 Å². The summed E-state index contributed by atoms with van der Waals surface area (Å²) in [6.45, 7) is 7.05. The van der Waals surface area contributed by atoms with E-state index in [1.54, 1.807) is 0 Å². The second kappa shape index (κ2) is 3.78. The summed E-state index contributed by atoms with van der Waals surface area (Å²) in [6, 6.07) is 0.789. The summed E-state index contributed by atoms with van der Waals surface area (Å²) in [5.41, 5.74) is 0.628. The van der Waals surface area contributed by atoms with Crippen molar-refractivity contribution in [2.24, 2.45) is 11.3 Å². The van der Waals surface area contributed by atoms with Gasteiger partial charge in [0, 0.05) is 6.04 Å². The molecule has 1 nitrogen and oxygen atoms in total. The first-order valence-corrected chi connectivity index (χ1v) is 5.38. The molecular weight excluding hydrogens is 146 g/mol. The minimum atomic E-state index is 0.628. The molecule has 1 aliphatic carbocycles. The predicted molar refractivity (Wildman–Crippen MR) is 54.3 cm³/mol. The van der Waals surface area contributed by atoms with Crippen LogP contribution in [0.1, 0.15) is 46.5 Å². The highest BCUT2D eigenvalue weighted by Crippen LogP contribution is 2.52. The van der Waals surface area contributed by atoms with Gasteiger partial charge in [-0.3, -0.25) is 0 Å². The molecule has 0 amide bonds. The maximum atomic E-state index is 3.46. The van der Waals surface area contributed by atoms with E-state index in [2.05, 4.69) is 33.1 Å². The third kappa shape index (κ3) is 1.28. The molecule has 72 valence electrons. The van der Waals surface area contributed by atoms with Crippen molar-refractivity contribution in [1.82, 2.24) is 5.32 Å². The van der Waals surface area contributed by atoms with Crippen molar-refractivity contribution in [3.63, 3.8) is 0 Å². The number of hydrogen-bond acceptors (Lipinski definition) is 1. The third-order valence-electron chi connectivity index (χ3n) is 3.99. The predicted octanol–water partition coefficient (Wildman–Crippen LogP) is 2.81. The van der Waals surface area contributed by atoms with Crippen LogP contribution in [-0.4, -0.2) is 13.1 Å². The van der Waals surface area contributed by atoms with Gasteiger partial charge in [-0.25, -0.2) is 0 Å². The van der Waals surface area contributed by atoms with Crippen molar-refractivity contribution in [2.75, 3.05) is 7.05 Å². The van der Waals surface area contributed by atoms with E-state index in [1.807, 2.05) is 0 Å². The molecule has 0 saturated heterocycles. The standard InChI is InChI=1S/C11H23N/c1-5-7-11(6-2)9(3)8-10(11)12-4/h9-10,12H,5-8H2,1-4H3. The molecule has 0 aromatic heterocycles. The van der Waals surface area contributed by atoms with Crippen LogP contribution in [0, 0.1) is 11.3 Å². The summed E-state index contributed by atoms with van der Waals surface area (Å²) >= 11 is 0. The van der Waals surface area contributed by atoms with Crippen molar-refractivity contribution in [3.8, 4) is 0 Å². The first-order chi connectivity index (χ1) is 5.71. The van der Waals surface area contributed by atoms with Gasteiger partial charge in [0.1, 0.15) is 0 Å². The van der Waals surface area contributed by atoms with E-state index in [-0.39, 0.29) is 0 Å². The first kappa shape index (κ1) is 10.0. The number of hydrogen-bond donors (Lipinski definition) is 1. The third-order valence-corrected chi connectivity index (χ3v) is 3.99. The quantitative estimate of drug-likeness (QED) is 0.682. The van der Waals surface area contributed by atoms with E-state index in [0.29, 0.717) is 5.41 Å². The molecule has 1 heteroatoms. The molecule has 1 aliphatic rings. The Morgan fingerprint density at radius 3 is 2.42 bits per heavy atom. The van der Waals surface area contributed by atoms with Gasteiger partial charge in [0.25, 0.3) is 0 Å². The average molecular weight is 169 g/mol. The lowest BCUT2D eigenvalue weighted by atomic mass is 9.54. The van der Waals surface area contributed by atoms with Crippen LogP contribution < -0.4 is 5.32 Å². The molecule has 0 radical (unpaired) electrons. The zero-order valence-corrected chi connectivity index (χ0v) is 8.98. The summed E-state index contributed by atoms with van der Waals surface area (Å²) < 4.78 is 0. The van der Waals surface area contributed by atoms with Crippen LogP contribution in [0.3, 0.4) is 0 Å². The van der Waals surface area contributed by atoms with Crippen molar-refractivity contribution in [1.29, 1.82) is 0 Å². The molecule has 1 rings (SSSR count). The lowest BCUT2D eigenvalue weighted by Crippen LogP contribution is -2.57. The van der Waals surface area contributed by atoms with Gasteiger partial charge in [0.2, 0.25) is 0 Å². The molecule has 3 unspecified atom stereocenters. The van der Waals surface area contributed by atoms with E-state index in [4.69, 9.17) is 0 Å². The fourth-order valence-corrected chi connectivity index (χ4v) is 3.07. The Morgan fingerprint density at radius 2 is 2.08 bits per heavy atom. The lowest BCUT2D eigenvalue weighted by Gasteiger charge is -2.55. The summed E-state index contributed by atoms with van der Waals surface area (Å²) in [6.07, 6.45) is 5.45. The SMILES string of the molecule is CCCC1(CC)C(C)CC1NC. The summed E-state index contributed by atoms with van der Waals surface area (Å²) in [4.78, 5) is 0. The smallest absolute Gasteiger partial charge is 0.0126 e. The van der Waals surface area contributed by atoms with E-state index in [9.17, 15) is 0 Å². The molecule has 0 aromatic carbocycles. The van der Waals surface area contributed by atoms with Gasteiger partial charge in [0.15, 0.2) is 0 Å². The van der Waals surface area contributed by atoms with Crippen LogP contribution in [0.15, 0.2) is 0 Å². The van der Waals surface area contributed by atoms with E-state index < -0.39 is 0 Å². The van der Waals surface area contributed by atoms with Crippen LogP contribution >= 0.6 is 0 Å². The van der Waals surface area contributed by atoms with Gasteiger partial charge in [-0.1, -0.05) is 27.2 Å². The zero-order chi connectivity index (χ0) is 9.19. The first-order valence-electron chi connectivity index (χ1n) is 5.38. The molecule has 12 heavy (non-hydrogen) atoms. The normalized spacial score (nSPS) is 41.0. The second-order valence-electron chi connectivity index (χ2n) is 4.31. The maximum Gasteiger partial charge on any atom is 0.0126 e. The molecular formula is C11H23N. The molecule has 1 saturated carbocycles. The molecule has 1 N–H and O–H groups in total. The van der Waals surface area contributed by atoms with Gasteiger partial charge < -0.3 is 5.32 Å². The van der Waals surface area contributed by atoms with Crippen LogP contribution in [-0.2, 0) is 0 Å². The molecule has 0 aromatic rings. The Hall–Kier alpha value is -0.0400. The van der Waals surface area contributed by atoms with Gasteiger partial charge >= 0.3 is 0 Å². The summed E-state index contributed by atoms with van der Waals surface area (Å²) in [5, 5.41) is 3.46. The van der Waals surface area contributed by atoms with Crippen LogP contribution in [0.4, 0.5) is 0 Å². The van der Waals surface area contributed by atoms with Crippen molar-refractivity contribution < 1.29 is 0 Å². The van der Waals surface area contributed by atoms with Crippen molar-refractivity contribution >= 4 is 0 Å². The fraction of sp³-hybridized carbons (Fsp3) is 1.00. The second-order valence-corrected chi connectivity index (χ2v) is 4.31. The molecule has 1 fully saturated rings. The van der Waals surface area contributed by atoms with Gasteiger partial charge in [-0.2, -0.15) is 0 Å². The summed E-state index contributed by atoms with van der Waals surface area (Å²) in [7, 11) is 2.11. The Labute approximate surface area is 76.9 Å². The number of rotatable bonds is 4. The highest BCUT2D eigenvalue weighted by Gasteiger charge is 2.49. The average Bonchev–Trinajstić information content (AvgIpc) is 2.09. The fourth-order valence-electron chi connectivity index (χ4n) is 3.07. The molecule has 0 spiro atoms. The molecule has 0 bridgehead atoms. The van der Waals surface area contributed by atoms with Crippen molar-refractivity contribution in [3.05, 3.63) is 0 Å². The highest BCUT2D eigenvalue weighted by molar-refractivity contribution is 5.03. The Kier molecular flexibility index (Phi) is 3.16. The molecule has 3 atom stereocenters. The molecule has 0 aliphatic heterocycles.